The monoisotopic (exact) mass is 406 g/mol. The number of nitrogens with zero attached hydrogens (tertiary/aromatic N) is 2. The molecule has 27 heavy (non-hydrogen) atoms. The molecular formula is C21H27ClN2O2S. The highest BCUT2D eigenvalue weighted by Crippen LogP contribution is 2.28. The van der Waals surface area contributed by atoms with Crippen molar-refractivity contribution in [1.29, 1.82) is 0 Å². The second-order valence-corrected chi connectivity index (χ2v) is 10.0. The van der Waals surface area contributed by atoms with Gasteiger partial charge in [-0.2, -0.15) is 4.31 Å². The van der Waals surface area contributed by atoms with Crippen LogP contribution in [-0.2, 0) is 15.4 Å². The van der Waals surface area contributed by atoms with Crippen molar-refractivity contribution in [2.24, 2.45) is 0 Å². The number of piperazine rings is 1. The maximum Gasteiger partial charge on any atom is 0.243 e. The number of anilines is 1. The first kappa shape index (κ1) is 20.2. The molecule has 0 unspecified atom stereocenters. The smallest absolute Gasteiger partial charge is 0.243 e. The first-order valence-electron chi connectivity index (χ1n) is 9.35. The van der Waals surface area contributed by atoms with Gasteiger partial charge in [-0.15, -0.1) is 0 Å². The van der Waals surface area contributed by atoms with E-state index in [1.165, 1.54) is 0 Å². The molecule has 0 spiro atoms. The van der Waals surface area contributed by atoms with E-state index in [1.54, 1.807) is 16.4 Å². The van der Waals surface area contributed by atoms with Gasteiger partial charge in [0.25, 0.3) is 0 Å². The van der Waals surface area contributed by atoms with E-state index in [0.717, 1.165) is 17.7 Å². The van der Waals surface area contributed by atoms with Crippen LogP contribution in [0.2, 0.25) is 5.02 Å². The van der Waals surface area contributed by atoms with Crippen molar-refractivity contribution in [3.8, 4) is 0 Å². The molecule has 0 atom stereocenters. The zero-order valence-electron chi connectivity index (χ0n) is 16.2. The number of benzene rings is 2. The Balaban J connectivity index is 1.70. The van der Waals surface area contributed by atoms with Crippen LogP contribution in [0.25, 0.3) is 0 Å². The van der Waals surface area contributed by atoms with Crippen LogP contribution < -0.4 is 4.90 Å². The molecule has 2 aromatic carbocycles. The highest BCUT2D eigenvalue weighted by Gasteiger charge is 2.29. The maximum absolute atomic E-state index is 13.0. The van der Waals surface area contributed by atoms with Crippen LogP contribution >= 0.6 is 11.6 Å². The van der Waals surface area contributed by atoms with E-state index >= 15 is 0 Å². The fourth-order valence-corrected chi connectivity index (χ4v) is 4.82. The molecule has 6 heteroatoms. The van der Waals surface area contributed by atoms with Gasteiger partial charge in [-0.3, -0.25) is 0 Å². The van der Waals surface area contributed by atoms with E-state index < -0.39 is 10.0 Å². The van der Waals surface area contributed by atoms with E-state index in [-0.39, 0.29) is 5.41 Å². The van der Waals surface area contributed by atoms with E-state index in [0.29, 0.717) is 36.1 Å². The number of halogens is 1. The lowest BCUT2D eigenvalue weighted by atomic mass is 9.82. The fourth-order valence-electron chi connectivity index (χ4n) is 3.27. The molecule has 1 aliphatic heterocycles. The summed E-state index contributed by atoms with van der Waals surface area (Å²) < 4.78 is 27.6. The Hall–Kier alpha value is -1.56. The predicted molar refractivity (Wildman–Crippen MR) is 112 cm³/mol. The first-order chi connectivity index (χ1) is 12.7. The van der Waals surface area contributed by atoms with E-state index in [2.05, 4.69) is 25.7 Å². The molecule has 3 rings (SSSR count). The van der Waals surface area contributed by atoms with Gasteiger partial charge in [0.05, 0.1) is 4.90 Å². The zero-order chi connectivity index (χ0) is 19.7. The van der Waals surface area contributed by atoms with Gasteiger partial charge in [0, 0.05) is 36.9 Å². The molecule has 1 fully saturated rings. The van der Waals surface area contributed by atoms with Crippen molar-refractivity contribution in [3.05, 3.63) is 59.1 Å². The van der Waals surface area contributed by atoms with Gasteiger partial charge in [0.1, 0.15) is 0 Å². The largest absolute Gasteiger partial charge is 0.369 e. The second-order valence-electron chi connectivity index (χ2n) is 7.63. The third-order valence-electron chi connectivity index (χ3n) is 5.59. The molecule has 0 bridgehead atoms. The van der Waals surface area contributed by atoms with Crippen LogP contribution in [0.5, 0.6) is 0 Å². The van der Waals surface area contributed by atoms with Crippen LogP contribution in [-0.4, -0.2) is 38.9 Å². The minimum Gasteiger partial charge on any atom is -0.369 e. The molecule has 0 saturated carbocycles. The van der Waals surface area contributed by atoms with Crippen molar-refractivity contribution in [2.75, 3.05) is 31.1 Å². The van der Waals surface area contributed by atoms with Crippen molar-refractivity contribution in [3.63, 3.8) is 0 Å². The summed E-state index contributed by atoms with van der Waals surface area (Å²) in [6.07, 6.45) is 1.01. The average Bonchev–Trinajstić information content (AvgIpc) is 2.69. The second kappa shape index (κ2) is 7.82. The standard InChI is InChI=1S/C21H27ClN2O2S/c1-4-21(2,3)17-5-11-20(12-6-17)27(25,26)24-15-13-23(14-16-24)19-9-7-18(22)8-10-19/h5-12H,4,13-16H2,1-3H3. The van der Waals surface area contributed by atoms with Gasteiger partial charge < -0.3 is 4.90 Å². The topological polar surface area (TPSA) is 40.6 Å². The summed E-state index contributed by atoms with van der Waals surface area (Å²) >= 11 is 5.94. The van der Waals surface area contributed by atoms with Crippen molar-refractivity contribution >= 4 is 27.3 Å². The Morgan fingerprint density at radius 1 is 0.926 bits per heavy atom. The van der Waals surface area contributed by atoms with Crippen LogP contribution in [0.15, 0.2) is 53.4 Å². The third kappa shape index (κ3) is 4.31. The van der Waals surface area contributed by atoms with Crippen LogP contribution in [0, 0.1) is 0 Å². The summed E-state index contributed by atoms with van der Waals surface area (Å²) in [5, 5.41) is 0.703. The van der Waals surface area contributed by atoms with E-state index in [4.69, 9.17) is 11.6 Å². The minimum atomic E-state index is -3.46. The normalized spacial score (nSPS) is 16.5. The summed E-state index contributed by atoms with van der Waals surface area (Å²) in [6.45, 7) is 8.79. The van der Waals surface area contributed by atoms with Crippen LogP contribution in [0.1, 0.15) is 32.8 Å². The molecule has 0 N–H and O–H groups in total. The summed E-state index contributed by atoms with van der Waals surface area (Å²) in [5.41, 5.74) is 2.28. The molecule has 0 radical (unpaired) electrons. The molecule has 146 valence electrons. The minimum absolute atomic E-state index is 0.0481. The van der Waals surface area contributed by atoms with Gasteiger partial charge in [-0.1, -0.05) is 44.5 Å². The lowest BCUT2D eigenvalue weighted by Gasteiger charge is -2.35. The van der Waals surface area contributed by atoms with Crippen molar-refractivity contribution in [2.45, 2.75) is 37.5 Å². The van der Waals surface area contributed by atoms with Crippen LogP contribution in [0.3, 0.4) is 0 Å². The zero-order valence-corrected chi connectivity index (χ0v) is 17.7. The van der Waals surface area contributed by atoms with E-state index in [1.807, 2.05) is 36.4 Å². The quantitative estimate of drug-likeness (QED) is 0.731. The molecule has 0 aromatic heterocycles. The molecule has 0 amide bonds. The van der Waals surface area contributed by atoms with E-state index in [9.17, 15) is 8.42 Å². The lowest BCUT2D eigenvalue weighted by Crippen LogP contribution is -2.48. The molecule has 1 aliphatic rings. The van der Waals surface area contributed by atoms with Gasteiger partial charge in [-0.05, 0) is 53.8 Å². The summed E-state index contributed by atoms with van der Waals surface area (Å²) in [5.74, 6) is 0. The predicted octanol–water partition coefficient (Wildman–Crippen LogP) is 4.54. The van der Waals surface area contributed by atoms with Gasteiger partial charge in [-0.25, -0.2) is 8.42 Å². The van der Waals surface area contributed by atoms with Crippen molar-refractivity contribution < 1.29 is 8.42 Å². The SMILES string of the molecule is CCC(C)(C)c1ccc(S(=O)(=O)N2CCN(c3ccc(Cl)cc3)CC2)cc1. The van der Waals surface area contributed by atoms with Gasteiger partial charge >= 0.3 is 0 Å². The fraction of sp³-hybridized carbons (Fsp3) is 0.429. The molecule has 2 aromatic rings. The summed E-state index contributed by atoms with van der Waals surface area (Å²) in [7, 11) is -3.46. The number of rotatable bonds is 5. The van der Waals surface area contributed by atoms with Gasteiger partial charge in [0.15, 0.2) is 0 Å². The maximum atomic E-state index is 13.0. The Morgan fingerprint density at radius 3 is 2.00 bits per heavy atom. The number of hydrogen-bond donors (Lipinski definition) is 0. The molecule has 4 nitrogen and oxygen atoms in total. The van der Waals surface area contributed by atoms with Crippen LogP contribution in [0.4, 0.5) is 5.69 Å². The third-order valence-corrected chi connectivity index (χ3v) is 7.75. The molecular weight excluding hydrogens is 380 g/mol. The molecule has 1 saturated heterocycles. The number of sulfonamides is 1. The summed E-state index contributed by atoms with van der Waals surface area (Å²) in [4.78, 5) is 2.56. The summed E-state index contributed by atoms with van der Waals surface area (Å²) in [6, 6.07) is 15.0. The molecule has 1 heterocycles. The number of hydrogen-bond acceptors (Lipinski definition) is 3. The Kier molecular flexibility index (Phi) is 5.84. The highest BCUT2D eigenvalue weighted by atomic mass is 35.5. The van der Waals surface area contributed by atoms with Gasteiger partial charge in [0.2, 0.25) is 10.0 Å². The lowest BCUT2D eigenvalue weighted by molar-refractivity contribution is 0.385. The van der Waals surface area contributed by atoms with Crippen molar-refractivity contribution in [1.82, 2.24) is 4.31 Å². The Morgan fingerprint density at radius 2 is 1.48 bits per heavy atom. The Bertz CT molecular complexity index is 869. The Labute approximate surface area is 167 Å². The first-order valence-corrected chi connectivity index (χ1v) is 11.2. The average molecular weight is 407 g/mol. The molecule has 0 aliphatic carbocycles. The highest BCUT2D eigenvalue weighted by molar-refractivity contribution is 7.89.